The van der Waals surface area contributed by atoms with Gasteiger partial charge in [-0.1, -0.05) is 30.3 Å². The number of carbonyl (C=O) groups is 1. The molecule has 1 amide bonds. The van der Waals surface area contributed by atoms with E-state index < -0.39 is 0 Å². The Morgan fingerprint density at radius 3 is 2.68 bits per heavy atom. The van der Waals surface area contributed by atoms with Crippen LogP contribution in [0.5, 0.6) is 0 Å². The molecule has 0 saturated carbocycles. The van der Waals surface area contributed by atoms with E-state index in [4.69, 9.17) is 0 Å². The van der Waals surface area contributed by atoms with Crippen molar-refractivity contribution in [1.29, 1.82) is 0 Å². The molecule has 0 aliphatic heterocycles. The fourth-order valence-corrected chi connectivity index (χ4v) is 2.87. The molecule has 0 bridgehead atoms. The number of hydrogen-bond acceptors (Lipinski definition) is 3. The Kier molecular flexibility index (Phi) is 5.46. The van der Waals surface area contributed by atoms with Crippen molar-refractivity contribution in [2.24, 2.45) is 0 Å². The summed E-state index contributed by atoms with van der Waals surface area (Å²) in [6.07, 6.45) is 2.01. The molecule has 0 fully saturated rings. The summed E-state index contributed by atoms with van der Waals surface area (Å²) in [6.45, 7) is 4.52. The third-order valence-corrected chi connectivity index (χ3v) is 4.30. The maximum atomic E-state index is 11.0. The van der Waals surface area contributed by atoms with Crippen LogP contribution in [0.3, 0.4) is 0 Å². The Bertz CT molecular complexity index is 838. The number of amides is 1. The third-order valence-electron chi connectivity index (χ3n) is 4.30. The highest BCUT2D eigenvalue weighted by atomic mass is 16.1. The molecular weight excluding hydrogens is 312 g/mol. The molecule has 0 spiro atoms. The minimum atomic E-state index is -0.0502. The molecule has 3 aromatic rings. The summed E-state index contributed by atoms with van der Waals surface area (Å²) in [5.41, 5.74) is 4.25. The molecule has 5 nitrogen and oxygen atoms in total. The zero-order valence-electron chi connectivity index (χ0n) is 14.7. The quantitative estimate of drug-likeness (QED) is 0.617. The van der Waals surface area contributed by atoms with Gasteiger partial charge in [0.2, 0.25) is 5.91 Å². The zero-order chi connectivity index (χ0) is 17.6. The Labute approximate surface area is 147 Å². The number of benzene rings is 2. The molecule has 25 heavy (non-hydrogen) atoms. The predicted octanol–water partition coefficient (Wildman–Crippen LogP) is 3.63. The van der Waals surface area contributed by atoms with Crippen molar-refractivity contribution in [2.75, 3.05) is 5.32 Å². The van der Waals surface area contributed by atoms with Crippen molar-refractivity contribution in [3.05, 3.63) is 59.8 Å². The van der Waals surface area contributed by atoms with Gasteiger partial charge >= 0.3 is 0 Å². The number of nitrogens with zero attached hydrogens (tertiary/aromatic N) is 1. The first-order chi connectivity index (χ1) is 12.1. The standard InChI is InChI=1S/C20H24N4O/c1-14(7-12-20-18-5-3-4-6-19(18)23-24-20)21-13-16-8-10-17(11-9-16)22-15(2)25/h3-6,8-11,14,21H,7,12-13H2,1-2H3,(H,22,25)(H,23,24). The van der Waals surface area contributed by atoms with Crippen LogP contribution in [0.2, 0.25) is 0 Å². The number of anilines is 1. The van der Waals surface area contributed by atoms with Crippen LogP contribution in [0.15, 0.2) is 48.5 Å². The maximum Gasteiger partial charge on any atom is 0.221 e. The minimum Gasteiger partial charge on any atom is -0.326 e. The zero-order valence-corrected chi connectivity index (χ0v) is 14.7. The van der Waals surface area contributed by atoms with E-state index in [2.05, 4.69) is 33.8 Å². The molecule has 1 unspecified atom stereocenters. The van der Waals surface area contributed by atoms with E-state index in [0.717, 1.165) is 30.6 Å². The van der Waals surface area contributed by atoms with Gasteiger partial charge < -0.3 is 10.6 Å². The summed E-state index contributed by atoms with van der Waals surface area (Å²) in [5, 5.41) is 15.0. The summed E-state index contributed by atoms with van der Waals surface area (Å²) in [5.74, 6) is -0.0502. The Hall–Kier alpha value is -2.66. The highest BCUT2D eigenvalue weighted by Crippen LogP contribution is 2.17. The van der Waals surface area contributed by atoms with Gasteiger partial charge in [0.05, 0.1) is 5.52 Å². The molecule has 3 N–H and O–H groups in total. The van der Waals surface area contributed by atoms with Crippen molar-refractivity contribution in [1.82, 2.24) is 15.5 Å². The Morgan fingerprint density at radius 1 is 1.16 bits per heavy atom. The Balaban J connectivity index is 1.48. The van der Waals surface area contributed by atoms with Gasteiger partial charge in [-0.3, -0.25) is 9.89 Å². The molecule has 1 heterocycles. The van der Waals surface area contributed by atoms with Crippen LogP contribution in [-0.4, -0.2) is 22.1 Å². The van der Waals surface area contributed by atoms with Crippen molar-refractivity contribution >= 4 is 22.5 Å². The van der Waals surface area contributed by atoms with E-state index in [1.165, 1.54) is 23.6 Å². The first kappa shape index (κ1) is 17.2. The largest absolute Gasteiger partial charge is 0.326 e. The van der Waals surface area contributed by atoms with Crippen molar-refractivity contribution in [2.45, 2.75) is 39.3 Å². The Morgan fingerprint density at radius 2 is 1.92 bits per heavy atom. The smallest absolute Gasteiger partial charge is 0.221 e. The van der Waals surface area contributed by atoms with Crippen LogP contribution in [0.25, 0.3) is 10.9 Å². The fraction of sp³-hybridized carbons (Fsp3) is 0.300. The lowest BCUT2D eigenvalue weighted by molar-refractivity contribution is -0.114. The van der Waals surface area contributed by atoms with E-state index >= 15 is 0 Å². The van der Waals surface area contributed by atoms with Crippen molar-refractivity contribution in [3.8, 4) is 0 Å². The molecule has 130 valence electrons. The summed E-state index contributed by atoms with van der Waals surface area (Å²) < 4.78 is 0. The number of rotatable bonds is 7. The molecule has 0 aliphatic carbocycles. The van der Waals surface area contributed by atoms with E-state index in [-0.39, 0.29) is 5.91 Å². The second-order valence-corrected chi connectivity index (χ2v) is 6.42. The number of aryl methyl sites for hydroxylation is 1. The highest BCUT2D eigenvalue weighted by molar-refractivity contribution is 5.88. The number of para-hydroxylation sites is 1. The summed E-state index contributed by atoms with van der Waals surface area (Å²) in [6, 6.07) is 16.5. The second kappa shape index (κ2) is 7.94. The van der Waals surface area contributed by atoms with Gasteiger partial charge in [-0.2, -0.15) is 5.10 Å². The molecule has 0 saturated heterocycles. The van der Waals surface area contributed by atoms with Gasteiger partial charge in [0.1, 0.15) is 0 Å². The molecule has 3 rings (SSSR count). The molecule has 0 aliphatic rings. The fourth-order valence-electron chi connectivity index (χ4n) is 2.87. The molecule has 0 radical (unpaired) electrons. The summed E-state index contributed by atoms with van der Waals surface area (Å²) >= 11 is 0. The van der Waals surface area contributed by atoms with Gasteiger partial charge in [-0.15, -0.1) is 0 Å². The van der Waals surface area contributed by atoms with Crippen LogP contribution in [0, 0.1) is 0 Å². The second-order valence-electron chi connectivity index (χ2n) is 6.42. The lowest BCUT2D eigenvalue weighted by atomic mass is 10.1. The first-order valence-electron chi connectivity index (χ1n) is 8.63. The number of H-pyrrole nitrogens is 1. The van der Waals surface area contributed by atoms with E-state index in [1.807, 2.05) is 42.5 Å². The van der Waals surface area contributed by atoms with Crippen LogP contribution in [0.1, 0.15) is 31.5 Å². The predicted molar refractivity (Wildman–Crippen MR) is 101 cm³/mol. The molecule has 1 aromatic heterocycles. The van der Waals surface area contributed by atoms with Crippen LogP contribution >= 0.6 is 0 Å². The number of hydrogen-bond donors (Lipinski definition) is 3. The maximum absolute atomic E-state index is 11.0. The average molecular weight is 336 g/mol. The molecule has 1 atom stereocenters. The van der Waals surface area contributed by atoms with E-state index in [1.54, 1.807) is 0 Å². The number of nitrogens with one attached hydrogen (secondary N) is 3. The van der Waals surface area contributed by atoms with Crippen LogP contribution in [-0.2, 0) is 17.8 Å². The van der Waals surface area contributed by atoms with Gasteiger partial charge in [0.15, 0.2) is 0 Å². The van der Waals surface area contributed by atoms with Crippen molar-refractivity contribution < 1.29 is 4.79 Å². The first-order valence-corrected chi connectivity index (χ1v) is 8.63. The number of fused-ring (bicyclic) bond motifs is 1. The van der Waals surface area contributed by atoms with Crippen molar-refractivity contribution in [3.63, 3.8) is 0 Å². The van der Waals surface area contributed by atoms with Crippen LogP contribution < -0.4 is 10.6 Å². The third kappa shape index (κ3) is 4.67. The van der Waals surface area contributed by atoms with Gasteiger partial charge in [0, 0.05) is 36.3 Å². The number of aromatic amines is 1. The lowest BCUT2D eigenvalue weighted by Crippen LogP contribution is -2.26. The monoisotopic (exact) mass is 336 g/mol. The topological polar surface area (TPSA) is 69.8 Å². The SMILES string of the molecule is CC(=O)Nc1ccc(CNC(C)CCc2[nH]nc3ccccc23)cc1. The number of aromatic nitrogens is 2. The van der Waals surface area contributed by atoms with E-state index in [0.29, 0.717) is 6.04 Å². The minimum absolute atomic E-state index is 0.0502. The van der Waals surface area contributed by atoms with Crippen LogP contribution in [0.4, 0.5) is 5.69 Å². The average Bonchev–Trinajstić information content (AvgIpc) is 3.02. The highest BCUT2D eigenvalue weighted by Gasteiger charge is 2.07. The normalized spacial score (nSPS) is 12.2. The molecular formula is C20H24N4O. The van der Waals surface area contributed by atoms with Gasteiger partial charge in [0.25, 0.3) is 0 Å². The lowest BCUT2D eigenvalue weighted by Gasteiger charge is -2.14. The molecule has 5 heteroatoms. The van der Waals surface area contributed by atoms with E-state index in [9.17, 15) is 4.79 Å². The number of carbonyl (C=O) groups excluding carboxylic acids is 1. The summed E-state index contributed by atoms with van der Waals surface area (Å²) in [7, 11) is 0. The van der Waals surface area contributed by atoms with Gasteiger partial charge in [-0.05, 0) is 43.5 Å². The molecule has 2 aromatic carbocycles. The summed E-state index contributed by atoms with van der Waals surface area (Å²) in [4.78, 5) is 11.0. The van der Waals surface area contributed by atoms with Gasteiger partial charge in [-0.25, -0.2) is 0 Å².